The molecule has 14 heteroatoms. The Hall–Kier alpha value is -1.79. The largest absolute Gasteiger partial charge is 0.394 e. The highest BCUT2D eigenvalue weighted by Crippen LogP contribution is 2.30. The maximum atomic E-state index is 13.1. The number of carbonyl (C=O) groups is 1. The lowest BCUT2D eigenvalue weighted by Crippen LogP contribution is -2.65. The van der Waals surface area contributed by atoms with Gasteiger partial charge in [-0.05, 0) is 38.5 Å². The van der Waals surface area contributed by atoms with E-state index in [2.05, 4.69) is 43.5 Å². The van der Waals surface area contributed by atoms with Crippen molar-refractivity contribution in [1.82, 2.24) is 5.32 Å². The summed E-state index contributed by atoms with van der Waals surface area (Å²) in [7, 11) is 0. The second-order valence-corrected chi connectivity index (χ2v) is 17.6. The number of hydrogen-bond acceptors (Lipinski definition) is 13. The van der Waals surface area contributed by atoms with E-state index in [-0.39, 0.29) is 18.9 Å². The molecule has 0 aromatic rings. The van der Waals surface area contributed by atoms with Gasteiger partial charge < -0.3 is 65.1 Å². The smallest absolute Gasteiger partial charge is 0.220 e. The summed E-state index contributed by atoms with van der Waals surface area (Å²) >= 11 is 0. The third-order valence-corrected chi connectivity index (χ3v) is 12.0. The minimum Gasteiger partial charge on any atom is -0.394 e. The maximum absolute atomic E-state index is 13.1. The van der Waals surface area contributed by atoms with Gasteiger partial charge in [0, 0.05) is 6.42 Å². The van der Waals surface area contributed by atoms with E-state index in [1.54, 1.807) is 6.08 Å². The first-order chi connectivity index (χ1) is 30.6. The van der Waals surface area contributed by atoms with Crippen molar-refractivity contribution in [2.45, 2.75) is 248 Å². The number of allylic oxidation sites excluding steroid dienone is 5. The van der Waals surface area contributed by atoms with Crippen LogP contribution >= 0.6 is 0 Å². The van der Waals surface area contributed by atoms with Crippen LogP contribution in [0.25, 0.3) is 0 Å². The van der Waals surface area contributed by atoms with Gasteiger partial charge in [-0.3, -0.25) is 4.79 Å². The predicted molar refractivity (Wildman–Crippen MR) is 244 cm³/mol. The van der Waals surface area contributed by atoms with E-state index < -0.39 is 86.8 Å². The van der Waals surface area contributed by atoms with E-state index in [4.69, 9.17) is 18.9 Å². The average molecular weight is 900 g/mol. The molecule has 2 heterocycles. The molecule has 2 rings (SSSR count). The number of amides is 1. The van der Waals surface area contributed by atoms with Gasteiger partial charge in [-0.2, -0.15) is 0 Å². The quantitative estimate of drug-likeness (QED) is 0.0261. The Labute approximate surface area is 379 Å². The number of aliphatic hydroxyl groups is 8. The van der Waals surface area contributed by atoms with Crippen molar-refractivity contribution in [2.75, 3.05) is 19.8 Å². The molecule has 368 valence electrons. The fourth-order valence-corrected chi connectivity index (χ4v) is 7.98. The van der Waals surface area contributed by atoms with Crippen LogP contribution in [-0.2, 0) is 23.7 Å². The Morgan fingerprint density at radius 3 is 1.52 bits per heavy atom. The molecule has 2 aliphatic rings. The zero-order valence-electron chi connectivity index (χ0n) is 38.8. The van der Waals surface area contributed by atoms with Crippen LogP contribution in [0.15, 0.2) is 36.5 Å². The van der Waals surface area contributed by atoms with E-state index in [0.29, 0.717) is 12.8 Å². The fourth-order valence-electron chi connectivity index (χ4n) is 7.98. The molecule has 12 unspecified atom stereocenters. The molecule has 0 bridgehead atoms. The van der Waals surface area contributed by atoms with Crippen LogP contribution in [-0.4, -0.2) is 140 Å². The molecular weight excluding hydrogens is 811 g/mol. The molecule has 0 spiro atoms. The van der Waals surface area contributed by atoms with Crippen molar-refractivity contribution in [3.8, 4) is 0 Å². The first-order valence-electron chi connectivity index (χ1n) is 24.7. The summed E-state index contributed by atoms with van der Waals surface area (Å²) in [5, 5.41) is 86.5. The van der Waals surface area contributed by atoms with E-state index in [1.807, 2.05) is 6.08 Å². The molecule has 0 saturated carbocycles. The highest BCUT2D eigenvalue weighted by atomic mass is 16.7. The lowest BCUT2D eigenvalue weighted by Gasteiger charge is -2.46. The third-order valence-electron chi connectivity index (χ3n) is 12.0. The van der Waals surface area contributed by atoms with Gasteiger partial charge in [-0.15, -0.1) is 0 Å². The van der Waals surface area contributed by atoms with E-state index >= 15 is 0 Å². The number of carbonyl (C=O) groups excluding carboxylic acids is 1. The lowest BCUT2D eigenvalue weighted by molar-refractivity contribution is -0.359. The van der Waals surface area contributed by atoms with Crippen LogP contribution in [0.5, 0.6) is 0 Å². The van der Waals surface area contributed by atoms with Gasteiger partial charge in [0.15, 0.2) is 12.6 Å². The Morgan fingerprint density at radius 1 is 0.556 bits per heavy atom. The first kappa shape index (κ1) is 57.3. The third kappa shape index (κ3) is 24.0. The molecule has 2 fully saturated rings. The summed E-state index contributed by atoms with van der Waals surface area (Å²) in [6, 6.07) is -0.932. The highest BCUT2D eigenvalue weighted by molar-refractivity contribution is 5.76. The molecule has 63 heavy (non-hydrogen) atoms. The number of hydrogen-bond donors (Lipinski definition) is 9. The molecule has 2 aliphatic heterocycles. The molecule has 0 aromatic carbocycles. The number of aliphatic hydroxyl groups excluding tert-OH is 8. The van der Waals surface area contributed by atoms with E-state index in [1.165, 1.54) is 89.9 Å². The molecule has 1 amide bonds. The van der Waals surface area contributed by atoms with Crippen molar-refractivity contribution in [1.29, 1.82) is 0 Å². The lowest BCUT2D eigenvalue weighted by atomic mass is 9.97. The SMILES string of the molecule is CCC/C=C/CC/C=C/CC/C=C/C(O)C(COC1OC(CO)C(OC2OC(CO)C(O)C(O)C2O)C(O)C1O)NC(=O)CCCCCCCCCCCCCCCCCCCC. The van der Waals surface area contributed by atoms with Crippen LogP contribution in [0.2, 0.25) is 0 Å². The van der Waals surface area contributed by atoms with E-state index in [9.17, 15) is 45.6 Å². The number of ether oxygens (including phenoxy) is 4. The Kier molecular flexibility index (Phi) is 33.1. The number of unbranched alkanes of at least 4 members (excludes halogenated alkanes) is 20. The Bertz CT molecular complexity index is 1200. The van der Waals surface area contributed by atoms with Gasteiger partial charge in [0.1, 0.15) is 48.8 Å². The minimum atomic E-state index is -1.79. The average Bonchev–Trinajstić information content (AvgIpc) is 3.28. The summed E-state index contributed by atoms with van der Waals surface area (Å²) in [5.41, 5.74) is 0. The van der Waals surface area contributed by atoms with Crippen LogP contribution in [0.4, 0.5) is 0 Å². The standard InChI is InChI=1S/C49H89NO13/c1-3-5-7-9-11-13-15-16-17-18-19-20-21-23-25-27-29-31-33-41(54)50-37(38(53)32-30-28-26-24-22-14-12-10-8-6-4-2)36-60-48-46(59)44(57)47(40(35-52)62-48)63-49-45(58)43(56)42(55)39(34-51)61-49/h8,10,22,24,30,32,37-40,42-49,51-53,55-59H,3-7,9,11-21,23,25-29,31,33-36H2,1-2H3,(H,50,54)/b10-8+,24-22+,32-30+. The second-order valence-electron chi connectivity index (χ2n) is 17.6. The molecule has 0 aliphatic carbocycles. The van der Waals surface area contributed by atoms with Crippen molar-refractivity contribution >= 4 is 5.91 Å². The highest BCUT2D eigenvalue weighted by Gasteiger charge is 2.51. The zero-order valence-corrected chi connectivity index (χ0v) is 38.8. The minimum absolute atomic E-state index is 0.255. The number of rotatable bonds is 37. The Balaban J connectivity index is 1.84. The van der Waals surface area contributed by atoms with Gasteiger partial charge in [-0.25, -0.2) is 0 Å². The predicted octanol–water partition coefficient (Wildman–Crippen LogP) is 5.93. The van der Waals surface area contributed by atoms with Gasteiger partial charge in [0.2, 0.25) is 5.91 Å². The summed E-state index contributed by atoms with van der Waals surface area (Å²) in [6.45, 7) is 2.67. The molecule has 14 nitrogen and oxygen atoms in total. The zero-order chi connectivity index (χ0) is 46.1. The summed E-state index contributed by atoms with van der Waals surface area (Å²) < 4.78 is 22.6. The van der Waals surface area contributed by atoms with Crippen LogP contribution in [0.3, 0.4) is 0 Å². The van der Waals surface area contributed by atoms with Gasteiger partial charge in [0.25, 0.3) is 0 Å². The Morgan fingerprint density at radius 2 is 1.02 bits per heavy atom. The molecule has 0 radical (unpaired) electrons. The van der Waals surface area contributed by atoms with Crippen LogP contribution < -0.4 is 5.32 Å². The van der Waals surface area contributed by atoms with E-state index in [0.717, 1.165) is 51.4 Å². The molecular formula is C49H89NO13. The fraction of sp³-hybridized carbons (Fsp3) is 0.857. The first-order valence-corrected chi connectivity index (χ1v) is 24.7. The number of nitrogens with one attached hydrogen (secondary N) is 1. The summed E-state index contributed by atoms with van der Waals surface area (Å²) in [4.78, 5) is 13.1. The second kappa shape index (κ2) is 36.3. The molecule has 9 N–H and O–H groups in total. The van der Waals surface area contributed by atoms with Crippen molar-refractivity contribution in [3.63, 3.8) is 0 Å². The van der Waals surface area contributed by atoms with Gasteiger partial charge >= 0.3 is 0 Å². The molecule has 0 aromatic heterocycles. The molecule has 2 saturated heterocycles. The normalized spacial score (nSPS) is 27.8. The summed E-state index contributed by atoms with van der Waals surface area (Å²) in [5.74, 6) is -0.255. The van der Waals surface area contributed by atoms with Crippen LogP contribution in [0, 0.1) is 0 Å². The van der Waals surface area contributed by atoms with Crippen molar-refractivity contribution in [3.05, 3.63) is 36.5 Å². The van der Waals surface area contributed by atoms with Gasteiger partial charge in [0.05, 0.1) is 32.0 Å². The van der Waals surface area contributed by atoms with Crippen molar-refractivity contribution < 1.29 is 64.6 Å². The van der Waals surface area contributed by atoms with Gasteiger partial charge in [-0.1, -0.05) is 166 Å². The topological polar surface area (TPSA) is 228 Å². The van der Waals surface area contributed by atoms with Crippen LogP contribution in [0.1, 0.15) is 174 Å². The maximum Gasteiger partial charge on any atom is 0.220 e. The summed E-state index contributed by atoms with van der Waals surface area (Å²) in [6.07, 6.45) is 23.4. The van der Waals surface area contributed by atoms with Crippen molar-refractivity contribution in [2.24, 2.45) is 0 Å². The molecule has 12 atom stereocenters. The monoisotopic (exact) mass is 900 g/mol.